The van der Waals surface area contributed by atoms with E-state index < -0.39 is 23.4 Å². The van der Waals surface area contributed by atoms with Crippen LogP contribution in [-0.4, -0.2) is 31.3 Å². The molecule has 0 unspecified atom stereocenters. The van der Waals surface area contributed by atoms with Gasteiger partial charge < -0.3 is 5.11 Å². The molecule has 0 amide bonds. The Morgan fingerprint density at radius 3 is 2.68 bits per heavy atom. The fourth-order valence-electron chi connectivity index (χ4n) is 1.45. The third-order valence-electron chi connectivity index (χ3n) is 2.35. The Bertz CT molecular complexity index is 629. The van der Waals surface area contributed by atoms with Crippen molar-refractivity contribution >= 4 is 5.97 Å². The van der Waals surface area contributed by atoms with Gasteiger partial charge in [0.25, 0.3) is 0 Å². The number of halogens is 3. The van der Waals surface area contributed by atoms with Gasteiger partial charge in [-0.3, -0.25) is 4.79 Å². The second-order valence-corrected chi connectivity index (χ2v) is 3.59. The number of carbonyl (C=O) groups is 1. The number of carboxylic acid groups (broad SMARTS) is 1. The lowest BCUT2D eigenvalue weighted by molar-refractivity contribution is -0.137. The second kappa shape index (κ2) is 5.04. The Labute approximate surface area is 104 Å². The van der Waals surface area contributed by atoms with Gasteiger partial charge in [-0.25, -0.2) is 17.9 Å². The number of nitrogens with zero attached hydrogens (tertiary/aromatic N) is 4. The summed E-state index contributed by atoms with van der Waals surface area (Å²) in [4.78, 5) is 10.4. The SMILES string of the molecule is O=C(O)CCn1nnnc1-c1ccc(F)c(F)c1F. The first-order valence-electron chi connectivity index (χ1n) is 5.12. The van der Waals surface area contributed by atoms with Gasteiger partial charge in [-0.05, 0) is 22.6 Å². The zero-order valence-electron chi connectivity index (χ0n) is 9.35. The minimum absolute atomic E-state index is 0.115. The number of benzene rings is 1. The average Bonchev–Trinajstić information content (AvgIpc) is 2.82. The standard InChI is InChI=1S/C10H7F3N4O2/c11-6-2-1-5(8(12)9(6)13)10-14-15-16-17(10)4-3-7(18)19/h1-2H,3-4H2,(H,18,19). The van der Waals surface area contributed by atoms with Gasteiger partial charge in [0.15, 0.2) is 23.3 Å². The molecule has 0 saturated carbocycles. The summed E-state index contributed by atoms with van der Waals surface area (Å²) < 4.78 is 40.5. The summed E-state index contributed by atoms with van der Waals surface area (Å²) in [6.45, 7) is -0.115. The number of aromatic nitrogens is 4. The minimum atomic E-state index is -1.63. The van der Waals surface area contributed by atoms with Crippen LogP contribution in [0.1, 0.15) is 6.42 Å². The molecule has 2 rings (SSSR count). The van der Waals surface area contributed by atoms with Crippen molar-refractivity contribution in [3.05, 3.63) is 29.6 Å². The number of tetrazole rings is 1. The highest BCUT2D eigenvalue weighted by Gasteiger charge is 2.19. The van der Waals surface area contributed by atoms with E-state index in [1.54, 1.807) is 0 Å². The predicted molar refractivity (Wildman–Crippen MR) is 55.4 cm³/mol. The third kappa shape index (κ3) is 2.54. The largest absolute Gasteiger partial charge is 0.481 e. The molecule has 0 atom stereocenters. The Balaban J connectivity index is 2.40. The fourth-order valence-corrected chi connectivity index (χ4v) is 1.45. The van der Waals surface area contributed by atoms with E-state index >= 15 is 0 Å². The van der Waals surface area contributed by atoms with Crippen LogP contribution in [0.2, 0.25) is 0 Å². The van der Waals surface area contributed by atoms with Crippen LogP contribution < -0.4 is 0 Å². The van der Waals surface area contributed by atoms with Gasteiger partial charge in [0.2, 0.25) is 0 Å². The Morgan fingerprint density at radius 2 is 2.00 bits per heavy atom. The normalized spacial score (nSPS) is 10.7. The van der Waals surface area contributed by atoms with E-state index in [1.165, 1.54) is 0 Å². The summed E-state index contributed by atoms with van der Waals surface area (Å²) in [7, 11) is 0. The highest BCUT2D eigenvalue weighted by molar-refractivity contribution is 5.66. The van der Waals surface area contributed by atoms with E-state index in [4.69, 9.17) is 5.11 Å². The first-order chi connectivity index (χ1) is 9.00. The maximum absolute atomic E-state index is 13.6. The molecule has 1 aromatic carbocycles. The summed E-state index contributed by atoms with van der Waals surface area (Å²) in [6, 6.07) is 1.72. The van der Waals surface area contributed by atoms with E-state index in [0.29, 0.717) is 0 Å². The number of carboxylic acids is 1. The molecule has 100 valence electrons. The maximum Gasteiger partial charge on any atom is 0.305 e. The topological polar surface area (TPSA) is 80.9 Å². The summed E-state index contributed by atoms with van der Waals surface area (Å²) in [5.74, 6) is -5.65. The van der Waals surface area contributed by atoms with Gasteiger partial charge in [-0.1, -0.05) is 0 Å². The first kappa shape index (κ1) is 13.0. The second-order valence-electron chi connectivity index (χ2n) is 3.59. The van der Waals surface area contributed by atoms with Crippen LogP contribution in [0.25, 0.3) is 11.4 Å². The van der Waals surface area contributed by atoms with E-state index in [2.05, 4.69) is 15.5 Å². The van der Waals surface area contributed by atoms with Crippen LogP contribution in [0, 0.1) is 17.5 Å². The summed E-state index contributed by atoms with van der Waals surface area (Å²) >= 11 is 0. The number of hydrogen-bond donors (Lipinski definition) is 1. The molecule has 0 radical (unpaired) electrons. The first-order valence-corrected chi connectivity index (χ1v) is 5.12. The summed E-state index contributed by atoms with van der Waals surface area (Å²) in [5, 5.41) is 18.7. The lowest BCUT2D eigenvalue weighted by Gasteiger charge is -2.05. The monoisotopic (exact) mass is 272 g/mol. The van der Waals surface area contributed by atoms with E-state index in [9.17, 15) is 18.0 Å². The Hall–Kier alpha value is -2.45. The van der Waals surface area contributed by atoms with Crippen LogP contribution in [-0.2, 0) is 11.3 Å². The van der Waals surface area contributed by atoms with Crippen LogP contribution in [0.5, 0.6) is 0 Å². The maximum atomic E-state index is 13.6. The molecule has 0 aliphatic rings. The predicted octanol–water partition coefficient (Wildman–Crippen LogP) is 1.23. The summed E-state index contributed by atoms with van der Waals surface area (Å²) in [5.41, 5.74) is -0.339. The smallest absolute Gasteiger partial charge is 0.305 e. The fraction of sp³-hybridized carbons (Fsp3) is 0.200. The molecular formula is C10H7F3N4O2. The molecule has 6 nitrogen and oxygen atoms in total. The van der Waals surface area contributed by atoms with Crippen molar-refractivity contribution in [3.63, 3.8) is 0 Å². The van der Waals surface area contributed by atoms with Gasteiger partial charge >= 0.3 is 5.97 Å². The zero-order valence-corrected chi connectivity index (χ0v) is 9.35. The van der Waals surface area contributed by atoms with Crippen LogP contribution in [0.4, 0.5) is 13.2 Å². The molecule has 1 aromatic heterocycles. The molecule has 0 saturated heterocycles. The van der Waals surface area contributed by atoms with Crippen molar-refractivity contribution in [1.82, 2.24) is 20.2 Å². The van der Waals surface area contributed by atoms with Crippen molar-refractivity contribution in [1.29, 1.82) is 0 Å². The van der Waals surface area contributed by atoms with Gasteiger partial charge in [0, 0.05) is 0 Å². The molecule has 2 aromatic rings. The number of aryl methyl sites for hydroxylation is 1. The van der Waals surface area contributed by atoms with Gasteiger partial charge in [0.05, 0.1) is 18.5 Å². The molecule has 0 aliphatic heterocycles. The van der Waals surface area contributed by atoms with Crippen molar-refractivity contribution < 1.29 is 23.1 Å². The zero-order chi connectivity index (χ0) is 14.0. The molecule has 1 N–H and O–H groups in total. The third-order valence-corrected chi connectivity index (χ3v) is 2.35. The number of hydrogen-bond acceptors (Lipinski definition) is 4. The van der Waals surface area contributed by atoms with Crippen molar-refractivity contribution in [2.45, 2.75) is 13.0 Å². The van der Waals surface area contributed by atoms with Gasteiger partial charge in [0.1, 0.15) is 0 Å². The van der Waals surface area contributed by atoms with Crippen molar-refractivity contribution in [2.75, 3.05) is 0 Å². The molecule has 0 spiro atoms. The molecule has 1 heterocycles. The van der Waals surface area contributed by atoms with E-state index in [1.807, 2.05) is 0 Å². The minimum Gasteiger partial charge on any atom is -0.481 e. The molecule has 9 heteroatoms. The molecular weight excluding hydrogens is 265 g/mol. The number of aliphatic carboxylic acids is 1. The Kier molecular flexibility index (Phi) is 3.45. The van der Waals surface area contributed by atoms with E-state index in [-0.39, 0.29) is 24.4 Å². The average molecular weight is 272 g/mol. The van der Waals surface area contributed by atoms with Crippen molar-refractivity contribution in [2.24, 2.45) is 0 Å². The summed E-state index contributed by atoms with van der Waals surface area (Å²) in [6.07, 6.45) is -0.288. The molecule has 19 heavy (non-hydrogen) atoms. The molecule has 0 fully saturated rings. The van der Waals surface area contributed by atoms with Crippen LogP contribution >= 0.6 is 0 Å². The lowest BCUT2D eigenvalue weighted by atomic mass is 10.2. The highest BCUT2D eigenvalue weighted by atomic mass is 19.2. The quantitative estimate of drug-likeness (QED) is 0.847. The van der Waals surface area contributed by atoms with Crippen LogP contribution in [0.3, 0.4) is 0 Å². The lowest BCUT2D eigenvalue weighted by Crippen LogP contribution is -2.08. The molecule has 0 aliphatic carbocycles. The Morgan fingerprint density at radius 1 is 1.26 bits per heavy atom. The highest BCUT2D eigenvalue weighted by Crippen LogP contribution is 2.23. The van der Waals surface area contributed by atoms with Gasteiger partial charge in [-0.2, -0.15) is 0 Å². The number of rotatable bonds is 4. The van der Waals surface area contributed by atoms with Crippen molar-refractivity contribution in [3.8, 4) is 11.4 Å². The molecule has 0 bridgehead atoms. The van der Waals surface area contributed by atoms with E-state index in [0.717, 1.165) is 16.8 Å². The van der Waals surface area contributed by atoms with Gasteiger partial charge in [-0.15, -0.1) is 5.10 Å². The van der Waals surface area contributed by atoms with Crippen LogP contribution in [0.15, 0.2) is 12.1 Å².